The van der Waals surface area contributed by atoms with E-state index in [0.717, 1.165) is 11.1 Å². The fraction of sp³-hybridized carbons (Fsp3) is 0.158. The summed E-state index contributed by atoms with van der Waals surface area (Å²) in [5.41, 5.74) is 1.82. The van der Waals surface area contributed by atoms with E-state index in [0.29, 0.717) is 0 Å². The Morgan fingerprint density at radius 1 is 0.962 bits per heavy atom. The molecule has 0 unspecified atom stereocenters. The zero-order valence-corrected chi connectivity index (χ0v) is 14.5. The standard InChI is InChI=1S/C19H19N5O2/c1-23(2)19-17(24(25)26)18(20-13-21-19)22-16(14-9-5-3-6-10-14)15-11-7-4-8-12-15/h3-13,16H,1-2H3,(H,20,21,22). The summed E-state index contributed by atoms with van der Waals surface area (Å²) in [6, 6.07) is 19.2. The van der Waals surface area contributed by atoms with E-state index in [1.54, 1.807) is 19.0 Å². The average molecular weight is 349 g/mol. The molecule has 3 aromatic rings. The highest BCUT2D eigenvalue weighted by Crippen LogP contribution is 2.34. The maximum atomic E-state index is 11.7. The number of rotatable bonds is 6. The molecule has 0 bridgehead atoms. The van der Waals surface area contributed by atoms with E-state index in [1.807, 2.05) is 60.7 Å². The van der Waals surface area contributed by atoms with Gasteiger partial charge in [-0.05, 0) is 11.1 Å². The topological polar surface area (TPSA) is 84.2 Å². The van der Waals surface area contributed by atoms with Crippen LogP contribution in [0.1, 0.15) is 17.2 Å². The first-order valence-corrected chi connectivity index (χ1v) is 8.11. The van der Waals surface area contributed by atoms with Crippen molar-refractivity contribution < 1.29 is 4.92 Å². The zero-order chi connectivity index (χ0) is 18.5. The van der Waals surface area contributed by atoms with Gasteiger partial charge in [0.2, 0.25) is 11.6 Å². The molecule has 0 aliphatic heterocycles. The molecule has 132 valence electrons. The summed E-state index contributed by atoms with van der Waals surface area (Å²) >= 11 is 0. The molecule has 0 radical (unpaired) electrons. The van der Waals surface area contributed by atoms with Crippen LogP contribution in [-0.2, 0) is 0 Å². The Morgan fingerprint density at radius 2 is 1.50 bits per heavy atom. The van der Waals surface area contributed by atoms with Crippen molar-refractivity contribution in [3.05, 3.63) is 88.2 Å². The maximum absolute atomic E-state index is 11.7. The lowest BCUT2D eigenvalue weighted by Gasteiger charge is -2.21. The SMILES string of the molecule is CN(C)c1ncnc(NC(c2ccccc2)c2ccccc2)c1[N+](=O)[O-]. The highest BCUT2D eigenvalue weighted by Gasteiger charge is 2.26. The molecular formula is C19H19N5O2. The second-order valence-corrected chi connectivity index (χ2v) is 5.94. The van der Waals surface area contributed by atoms with Gasteiger partial charge in [-0.15, -0.1) is 0 Å². The number of hydrogen-bond donors (Lipinski definition) is 1. The van der Waals surface area contributed by atoms with Gasteiger partial charge in [0, 0.05) is 14.1 Å². The van der Waals surface area contributed by atoms with Crippen LogP contribution in [0.4, 0.5) is 17.3 Å². The third-order valence-corrected chi connectivity index (χ3v) is 3.96. The molecule has 0 saturated carbocycles. The lowest BCUT2D eigenvalue weighted by molar-refractivity contribution is -0.383. The van der Waals surface area contributed by atoms with Gasteiger partial charge in [0.05, 0.1) is 11.0 Å². The Hall–Kier alpha value is -3.48. The van der Waals surface area contributed by atoms with Gasteiger partial charge in [0.25, 0.3) is 0 Å². The predicted octanol–water partition coefficient (Wildman–Crippen LogP) is 3.65. The summed E-state index contributed by atoms with van der Waals surface area (Å²) in [4.78, 5) is 21.0. The van der Waals surface area contributed by atoms with Crippen molar-refractivity contribution in [3.8, 4) is 0 Å². The molecule has 1 N–H and O–H groups in total. The van der Waals surface area contributed by atoms with Crippen molar-refractivity contribution in [1.29, 1.82) is 0 Å². The summed E-state index contributed by atoms with van der Waals surface area (Å²) in [7, 11) is 3.43. The zero-order valence-electron chi connectivity index (χ0n) is 14.5. The first kappa shape index (κ1) is 17.3. The second-order valence-electron chi connectivity index (χ2n) is 5.94. The highest BCUT2D eigenvalue weighted by atomic mass is 16.6. The van der Waals surface area contributed by atoms with Gasteiger partial charge in [0.15, 0.2) is 0 Å². The van der Waals surface area contributed by atoms with Crippen LogP contribution >= 0.6 is 0 Å². The number of benzene rings is 2. The van der Waals surface area contributed by atoms with Gasteiger partial charge >= 0.3 is 5.69 Å². The molecule has 0 atom stereocenters. The van der Waals surface area contributed by atoms with E-state index in [4.69, 9.17) is 0 Å². The number of aromatic nitrogens is 2. The van der Waals surface area contributed by atoms with Gasteiger partial charge in [-0.25, -0.2) is 9.97 Å². The Kier molecular flexibility index (Phi) is 5.07. The minimum absolute atomic E-state index is 0.144. The summed E-state index contributed by atoms with van der Waals surface area (Å²) < 4.78 is 0. The summed E-state index contributed by atoms with van der Waals surface area (Å²) in [5, 5.41) is 14.9. The van der Waals surface area contributed by atoms with Crippen LogP contribution in [0, 0.1) is 10.1 Å². The Labute approximate surface area is 151 Å². The third-order valence-electron chi connectivity index (χ3n) is 3.96. The van der Waals surface area contributed by atoms with Crippen molar-refractivity contribution in [3.63, 3.8) is 0 Å². The van der Waals surface area contributed by atoms with Crippen LogP contribution in [-0.4, -0.2) is 29.0 Å². The molecule has 0 spiro atoms. The number of nitrogens with zero attached hydrogens (tertiary/aromatic N) is 4. The number of hydrogen-bond acceptors (Lipinski definition) is 6. The normalized spacial score (nSPS) is 10.6. The van der Waals surface area contributed by atoms with Crippen molar-refractivity contribution in [1.82, 2.24) is 9.97 Å². The molecule has 26 heavy (non-hydrogen) atoms. The number of nitrogens with one attached hydrogen (secondary N) is 1. The molecule has 0 aliphatic carbocycles. The Bertz CT molecular complexity index is 845. The van der Waals surface area contributed by atoms with Gasteiger partial charge in [-0.2, -0.15) is 0 Å². The van der Waals surface area contributed by atoms with E-state index in [1.165, 1.54) is 6.33 Å². The monoisotopic (exact) mass is 349 g/mol. The van der Waals surface area contributed by atoms with Crippen LogP contribution in [0.3, 0.4) is 0 Å². The second kappa shape index (κ2) is 7.60. The maximum Gasteiger partial charge on any atom is 0.353 e. The first-order chi connectivity index (χ1) is 12.6. The largest absolute Gasteiger partial charge is 0.357 e. The predicted molar refractivity (Wildman–Crippen MR) is 101 cm³/mol. The van der Waals surface area contributed by atoms with Crippen LogP contribution < -0.4 is 10.2 Å². The molecule has 0 aliphatic rings. The van der Waals surface area contributed by atoms with Crippen molar-refractivity contribution >= 4 is 17.3 Å². The van der Waals surface area contributed by atoms with Crippen molar-refractivity contribution in [2.75, 3.05) is 24.3 Å². The van der Waals surface area contributed by atoms with Gasteiger partial charge in [0.1, 0.15) is 6.33 Å². The first-order valence-electron chi connectivity index (χ1n) is 8.11. The molecule has 2 aromatic carbocycles. The average Bonchev–Trinajstić information content (AvgIpc) is 2.67. The summed E-state index contributed by atoms with van der Waals surface area (Å²) in [5.74, 6) is 0.443. The smallest absolute Gasteiger partial charge is 0.353 e. The van der Waals surface area contributed by atoms with Crippen molar-refractivity contribution in [2.24, 2.45) is 0 Å². The Morgan fingerprint density at radius 3 is 1.96 bits per heavy atom. The number of nitro groups is 1. The fourth-order valence-corrected chi connectivity index (χ4v) is 2.76. The van der Waals surface area contributed by atoms with E-state index < -0.39 is 4.92 Å². The van der Waals surface area contributed by atoms with Crippen LogP contribution in [0.5, 0.6) is 0 Å². The van der Waals surface area contributed by atoms with Gasteiger partial charge in [-0.3, -0.25) is 10.1 Å². The van der Waals surface area contributed by atoms with Crippen LogP contribution in [0.25, 0.3) is 0 Å². The lowest BCUT2D eigenvalue weighted by atomic mass is 9.99. The number of anilines is 2. The fourth-order valence-electron chi connectivity index (χ4n) is 2.76. The molecule has 0 fully saturated rings. The van der Waals surface area contributed by atoms with Crippen molar-refractivity contribution in [2.45, 2.75) is 6.04 Å². The molecule has 0 saturated heterocycles. The molecular weight excluding hydrogens is 330 g/mol. The van der Waals surface area contributed by atoms with E-state index >= 15 is 0 Å². The van der Waals surface area contributed by atoms with Crippen LogP contribution in [0.2, 0.25) is 0 Å². The summed E-state index contributed by atoms with van der Waals surface area (Å²) in [6.07, 6.45) is 1.33. The molecule has 1 aromatic heterocycles. The van der Waals surface area contributed by atoms with Gasteiger partial charge < -0.3 is 10.2 Å². The lowest BCUT2D eigenvalue weighted by Crippen LogP contribution is -2.18. The van der Waals surface area contributed by atoms with Crippen LogP contribution in [0.15, 0.2) is 67.0 Å². The molecule has 7 heteroatoms. The molecule has 1 heterocycles. The van der Waals surface area contributed by atoms with Gasteiger partial charge in [-0.1, -0.05) is 60.7 Å². The molecule has 0 amide bonds. The minimum Gasteiger partial charge on any atom is -0.357 e. The minimum atomic E-state index is -0.454. The van der Waals surface area contributed by atoms with E-state index in [9.17, 15) is 10.1 Å². The highest BCUT2D eigenvalue weighted by molar-refractivity contribution is 5.70. The van der Waals surface area contributed by atoms with E-state index in [-0.39, 0.29) is 23.4 Å². The summed E-state index contributed by atoms with van der Waals surface area (Å²) in [6.45, 7) is 0. The van der Waals surface area contributed by atoms with E-state index in [2.05, 4.69) is 15.3 Å². The molecule has 3 rings (SSSR count). The molecule has 7 nitrogen and oxygen atoms in total. The Balaban J connectivity index is 2.09. The quantitative estimate of drug-likeness (QED) is 0.540. The third kappa shape index (κ3) is 3.61.